The summed E-state index contributed by atoms with van der Waals surface area (Å²) in [6.45, 7) is 8.21. The number of aryl methyl sites for hydroxylation is 1. The maximum absolute atomic E-state index is 8.45. The first-order valence-electron chi connectivity index (χ1n) is 5.71. The molecule has 0 aliphatic heterocycles. The summed E-state index contributed by atoms with van der Waals surface area (Å²) in [6.07, 6.45) is 0.573. The standard InChI is InChI=1S/C14H20N2/c1-12-5-7-13(8-6-12)14(2,3)11-16-10-4-9-15/h5-8,16H,4,10-11H2,1-3H3. The summed E-state index contributed by atoms with van der Waals surface area (Å²) in [6, 6.07) is 10.8. The fourth-order valence-corrected chi connectivity index (χ4v) is 1.65. The molecule has 0 saturated carbocycles. The second-order valence-electron chi connectivity index (χ2n) is 4.83. The highest BCUT2D eigenvalue weighted by molar-refractivity contribution is 5.27. The molecule has 0 heterocycles. The predicted octanol–water partition coefficient (Wildman–Crippen LogP) is 2.78. The van der Waals surface area contributed by atoms with Gasteiger partial charge in [0.15, 0.2) is 0 Å². The van der Waals surface area contributed by atoms with E-state index >= 15 is 0 Å². The van der Waals surface area contributed by atoms with Gasteiger partial charge in [-0.2, -0.15) is 5.26 Å². The van der Waals surface area contributed by atoms with Crippen molar-refractivity contribution in [2.75, 3.05) is 13.1 Å². The van der Waals surface area contributed by atoms with Crippen LogP contribution >= 0.6 is 0 Å². The van der Waals surface area contributed by atoms with Crippen molar-refractivity contribution < 1.29 is 0 Å². The summed E-state index contributed by atoms with van der Waals surface area (Å²) in [7, 11) is 0. The van der Waals surface area contributed by atoms with E-state index in [9.17, 15) is 0 Å². The average molecular weight is 216 g/mol. The third kappa shape index (κ3) is 3.67. The van der Waals surface area contributed by atoms with Gasteiger partial charge in [0.25, 0.3) is 0 Å². The molecule has 1 aromatic carbocycles. The van der Waals surface area contributed by atoms with Crippen LogP contribution in [0.15, 0.2) is 24.3 Å². The zero-order chi connectivity index (χ0) is 12.0. The fourth-order valence-electron chi connectivity index (χ4n) is 1.65. The lowest BCUT2D eigenvalue weighted by atomic mass is 9.84. The topological polar surface area (TPSA) is 35.8 Å². The van der Waals surface area contributed by atoms with Crippen molar-refractivity contribution in [1.82, 2.24) is 5.32 Å². The number of rotatable bonds is 5. The molecule has 1 aromatic rings. The van der Waals surface area contributed by atoms with Crippen molar-refractivity contribution >= 4 is 0 Å². The Labute approximate surface area is 98.3 Å². The van der Waals surface area contributed by atoms with Gasteiger partial charge in [-0.3, -0.25) is 0 Å². The van der Waals surface area contributed by atoms with E-state index in [1.165, 1.54) is 11.1 Å². The van der Waals surface area contributed by atoms with Crippen molar-refractivity contribution in [3.05, 3.63) is 35.4 Å². The predicted molar refractivity (Wildman–Crippen MR) is 67.3 cm³/mol. The molecule has 2 nitrogen and oxygen atoms in total. The average Bonchev–Trinajstić information content (AvgIpc) is 2.25. The SMILES string of the molecule is Cc1ccc(C(C)(C)CNCCC#N)cc1. The number of nitrogens with zero attached hydrogens (tertiary/aromatic N) is 1. The van der Waals surface area contributed by atoms with Crippen molar-refractivity contribution in [2.45, 2.75) is 32.6 Å². The first-order valence-corrected chi connectivity index (χ1v) is 5.71. The van der Waals surface area contributed by atoms with Crippen LogP contribution in [0.5, 0.6) is 0 Å². The maximum Gasteiger partial charge on any atom is 0.0635 e. The van der Waals surface area contributed by atoms with Crippen molar-refractivity contribution in [3.8, 4) is 6.07 Å². The number of nitriles is 1. The van der Waals surface area contributed by atoms with Crippen molar-refractivity contribution in [3.63, 3.8) is 0 Å². The van der Waals surface area contributed by atoms with Crippen LogP contribution < -0.4 is 5.32 Å². The Morgan fingerprint density at radius 3 is 2.44 bits per heavy atom. The van der Waals surface area contributed by atoms with Gasteiger partial charge in [0.1, 0.15) is 0 Å². The van der Waals surface area contributed by atoms with Crippen LogP contribution in [0.4, 0.5) is 0 Å². The molecule has 86 valence electrons. The first-order chi connectivity index (χ1) is 7.56. The Bertz CT molecular complexity index is 357. The van der Waals surface area contributed by atoms with E-state index in [4.69, 9.17) is 5.26 Å². The van der Waals surface area contributed by atoms with E-state index in [-0.39, 0.29) is 5.41 Å². The van der Waals surface area contributed by atoms with E-state index in [1.54, 1.807) is 0 Å². The molecule has 0 unspecified atom stereocenters. The second kappa shape index (κ2) is 5.67. The Morgan fingerprint density at radius 2 is 1.88 bits per heavy atom. The van der Waals surface area contributed by atoms with Crippen LogP contribution in [-0.2, 0) is 5.41 Å². The molecule has 0 amide bonds. The van der Waals surface area contributed by atoms with Gasteiger partial charge in [-0.15, -0.1) is 0 Å². The Hall–Kier alpha value is -1.33. The van der Waals surface area contributed by atoms with Gasteiger partial charge in [-0.05, 0) is 12.5 Å². The molecule has 0 atom stereocenters. The smallest absolute Gasteiger partial charge is 0.0635 e. The van der Waals surface area contributed by atoms with Crippen LogP contribution in [0.3, 0.4) is 0 Å². The van der Waals surface area contributed by atoms with Crippen LogP contribution in [0.25, 0.3) is 0 Å². The molecule has 2 heteroatoms. The second-order valence-corrected chi connectivity index (χ2v) is 4.83. The van der Waals surface area contributed by atoms with Gasteiger partial charge < -0.3 is 5.32 Å². The third-order valence-electron chi connectivity index (χ3n) is 2.81. The van der Waals surface area contributed by atoms with Crippen molar-refractivity contribution in [2.24, 2.45) is 0 Å². The Kier molecular flexibility index (Phi) is 4.52. The minimum Gasteiger partial charge on any atom is -0.315 e. The number of nitrogens with one attached hydrogen (secondary N) is 1. The normalized spacial score (nSPS) is 11.1. The molecule has 0 saturated heterocycles. The quantitative estimate of drug-likeness (QED) is 0.768. The van der Waals surface area contributed by atoms with Crippen molar-refractivity contribution in [1.29, 1.82) is 5.26 Å². The number of benzene rings is 1. The Balaban J connectivity index is 2.56. The minimum atomic E-state index is 0.114. The lowest BCUT2D eigenvalue weighted by molar-refractivity contribution is 0.473. The minimum absolute atomic E-state index is 0.114. The summed E-state index contributed by atoms with van der Waals surface area (Å²) < 4.78 is 0. The van der Waals surface area contributed by atoms with E-state index in [1.807, 2.05) is 0 Å². The maximum atomic E-state index is 8.45. The highest BCUT2D eigenvalue weighted by Crippen LogP contribution is 2.22. The van der Waals surface area contributed by atoms with Gasteiger partial charge >= 0.3 is 0 Å². The summed E-state index contributed by atoms with van der Waals surface area (Å²) in [4.78, 5) is 0. The largest absolute Gasteiger partial charge is 0.315 e. The molecule has 0 bridgehead atoms. The van der Waals surface area contributed by atoms with E-state index < -0.39 is 0 Å². The summed E-state index contributed by atoms with van der Waals surface area (Å²) in [5.74, 6) is 0. The molecule has 0 aliphatic carbocycles. The van der Waals surface area contributed by atoms with Gasteiger partial charge in [-0.25, -0.2) is 0 Å². The monoisotopic (exact) mass is 216 g/mol. The molecular weight excluding hydrogens is 196 g/mol. The van der Waals surface area contributed by atoms with Crippen LogP contribution in [0, 0.1) is 18.3 Å². The third-order valence-corrected chi connectivity index (χ3v) is 2.81. The highest BCUT2D eigenvalue weighted by Gasteiger charge is 2.19. The van der Waals surface area contributed by atoms with E-state index in [2.05, 4.69) is 56.4 Å². The molecule has 0 fully saturated rings. The Morgan fingerprint density at radius 1 is 1.25 bits per heavy atom. The zero-order valence-electron chi connectivity index (χ0n) is 10.4. The molecule has 1 rings (SSSR count). The van der Waals surface area contributed by atoms with Gasteiger partial charge in [0.05, 0.1) is 6.07 Å². The first kappa shape index (κ1) is 12.7. The van der Waals surface area contributed by atoms with E-state index in [0.717, 1.165) is 13.1 Å². The highest BCUT2D eigenvalue weighted by atomic mass is 14.9. The zero-order valence-corrected chi connectivity index (χ0v) is 10.4. The fraction of sp³-hybridized carbons (Fsp3) is 0.500. The number of hydrogen-bond donors (Lipinski definition) is 1. The van der Waals surface area contributed by atoms with Crippen LogP contribution in [0.1, 0.15) is 31.4 Å². The molecule has 0 radical (unpaired) electrons. The van der Waals surface area contributed by atoms with Gasteiger partial charge in [0, 0.05) is 24.9 Å². The lowest BCUT2D eigenvalue weighted by Crippen LogP contribution is -2.33. The van der Waals surface area contributed by atoms with Gasteiger partial charge in [-0.1, -0.05) is 43.7 Å². The molecule has 1 N–H and O–H groups in total. The molecule has 0 spiro atoms. The molecule has 16 heavy (non-hydrogen) atoms. The molecule has 0 aliphatic rings. The summed E-state index contributed by atoms with van der Waals surface area (Å²) in [5.41, 5.74) is 2.74. The van der Waals surface area contributed by atoms with Crippen LogP contribution in [0.2, 0.25) is 0 Å². The number of hydrogen-bond acceptors (Lipinski definition) is 2. The van der Waals surface area contributed by atoms with Crippen LogP contribution in [-0.4, -0.2) is 13.1 Å². The molecular formula is C14H20N2. The summed E-state index contributed by atoms with van der Waals surface area (Å²) >= 11 is 0. The molecule has 0 aromatic heterocycles. The summed E-state index contributed by atoms with van der Waals surface area (Å²) in [5, 5.41) is 11.8. The van der Waals surface area contributed by atoms with Gasteiger partial charge in [0.2, 0.25) is 0 Å². The van der Waals surface area contributed by atoms with E-state index in [0.29, 0.717) is 6.42 Å². The lowest BCUT2D eigenvalue weighted by Gasteiger charge is -2.25.